The summed E-state index contributed by atoms with van der Waals surface area (Å²) in [6, 6.07) is 18.2. The van der Waals surface area contributed by atoms with Crippen molar-refractivity contribution in [3.8, 4) is 55.2 Å². The van der Waals surface area contributed by atoms with Crippen LogP contribution in [0.3, 0.4) is 0 Å². The van der Waals surface area contributed by atoms with Crippen LogP contribution in [-0.4, -0.2) is 69.0 Å². The molecule has 0 saturated heterocycles. The van der Waals surface area contributed by atoms with Crippen molar-refractivity contribution in [3.05, 3.63) is 81.2 Å². The molecule has 0 atom stereocenters. The minimum absolute atomic E-state index is 0.0732. The molecule has 0 aliphatic rings. The Balaban J connectivity index is 0.000000228. The summed E-state index contributed by atoms with van der Waals surface area (Å²) >= 11 is 9.26. The Labute approximate surface area is 342 Å². The number of para-hydroxylation sites is 2. The first-order valence-corrected chi connectivity index (χ1v) is 22.0. The van der Waals surface area contributed by atoms with Crippen LogP contribution < -0.4 is 15.9 Å². The normalized spacial score (nSPS) is 11.2. The first-order chi connectivity index (χ1) is 26.3. The molecule has 0 fully saturated rings. The number of aromatic hydroxyl groups is 1. The lowest BCUT2D eigenvalue weighted by Gasteiger charge is -2.18. The van der Waals surface area contributed by atoms with E-state index in [1.54, 1.807) is 74.8 Å². The van der Waals surface area contributed by atoms with Crippen molar-refractivity contribution >= 4 is 93.0 Å². The third-order valence-corrected chi connectivity index (χ3v) is 13.2. The molecule has 6 rings (SSSR count). The van der Waals surface area contributed by atoms with Gasteiger partial charge in [0.05, 0.1) is 30.9 Å². The maximum atomic E-state index is 11.7. The van der Waals surface area contributed by atoms with Crippen molar-refractivity contribution in [2.75, 3.05) is 19.1 Å². The molecule has 55 heavy (non-hydrogen) atoms. The van der Waals surface area contributed by atoms with Gasteiger partial charge in [-0.3, -0.25) is 5.41 Å². The van der Waals surface area contributed by atoms with Gasteiger partial charge in [-0.05, 0) is 69.7 Å². The zero-order chi connectivity index (χ0) is 39.7. The number of hydrogen-bond donors (Lipinski definition) is 5. The number of ether oxygens (including phenoxy) is 2. The molecule has 6 N–H and O–H groups in total. The van der Waals surface area contributed by atoms with Crippen LogP contribution in [0.1, 0.15) is 30.5 Å². The molecule has 12 nitrogen and oxygen atoms in total. The summed E-state index contributed by atoms with van der Waals surface area (Å²) in [6.45, 7) is 4.93. The lowest BCUT2D eigenvalue weighted by molar-refractivity contribution is -0.139. The van der Waals surface area contributed by atoms with Crippen LogP contribution in [0.25, 0.3) is 43.7 Å². The molecule has 4 heterocycles. The lowest BCUT2D eigenvalue weighted by atomic mass is 10.1. The molecule has 0 spiro atoms. The van der Waals surface area contributed by atoms with Gasteiger partial charge in [-0.2, -0.15) is 5.10 Å². The number of aromatic nitrogens is 2. The standard InChI is InChI=1S/C22H23N3O5S3.C15H13N3OS3/c1-22(2,3)30-21(28)25-23-10-13-9-15(20(31-4)33-13)19-24-16(12-32-19)14-7-5-6-8-17(14)29-11-18(26)27;1-20-15-9(6-12(22-15)13(16)17)14-18-10(7-21-14)8-4-2-3-5-11(8)19/h5-10,12H,11H2,1-4H3,(H,25,28)(H,26,27);2-7,19H,1H3,(H3,16,17). The van der Waals surface area contributed by atoms with E-state index in [1.807, 2.05) is 59.7 Å². The first kappa shape index (κ1) is 41.4. The van der Waals surface area contributed by atoms with E-state index in [0.717, 1.165) is 56.1 Å². The number of phenols is 1. The molecule has 4 aromatic heterocycles. The first-order valence-electron chi connectivity index (χ1n) is 16.1. The van der Waals surface area contributed by atoms with Gasteiger partial charge in [0, 0.05) is 37.9 Å². The van der Waals surface area contributed by atoms with Gasteiger partial charge in [0.2, 0.25) is 0 Å². The van der Waals surface area contributed by atoms with E-state index in [9.17, 15) is 14.7 Å². The molecule has 1 amide bonds. The van der Waals surface area contributed by atoms with Crippen molar-refractivity contribution in [2.24, 2.45) is 10.8 Å². The Bertz CT molecular complexity index is 2320. The number of rotatable bonds is 12. The summed E-state index contributed by atoms with van der Waals surface area (Å²) in [5.41, 5.74) is 12.2. The largest absolute Gasteiger partial charge is 0.507 e. The maximum absolute atomic E-state index is 11.7. The minimum Gasteiger partial charge on any atom is -0.507 e. The Morgan fingerprint density at radius 1 is 0.909 bits per heavy atom. The molecular weight excluding hydrogens is 817 g/mol. The molecular formula is C37H36N6O6S6. The van der Waals surface area contributed by atoms with Crippen molar-refractivity contribution < 1.29 is 29.3 Å². The average Bonchev–Trinajstić information content (AvgIpc) is 3.96. The minimum atomic E-state index is -1.04. The third kappa shape index (κ3) is 11.2. The Morgan fingerprint density at radius 2 is 1.49 bits per heavy atom. The second-order valence-electron chi connectivity index (χ2n) is 12.1. The van der Waals surface area contributed by atoms with Crippen LogP contribution >= 0.6 is 68.9 Å². The van der Waals surface area contributed by atoms with Crippen LogP contribution in [0.15, 0.2) is 84.9 Å². The number of carbonyl (C=O) groups excluding carboxylic acids is 1. The molecule has 0 saturated carbocycles. The van der Waals surface area contributed by atoms with Crippen molar-refractivity contribution in [1.82, 2.24) is 15.4 Å². The summed E-state index contributed by atoms with van der Waals surface area (Å²) in [6.07, 6.45) is 4.94. The fraction of sp³-hybridized carbons (Fsp3) is 0.189. The second-order valence-corrected chi connectivity index (χ2v) is 18.1. The van der Waals surface area contributed by atoms with Gasteiger partial charge in [0.1, 0.15) is 33.0 Å². The van der Waals surface area contributed by atoms with Crippen LogP contribution in [0, 0.1) is 5.41 Å². The molecule has 18 heteroatoms. The highest BCUT2D eigenvalue weighted by atomic mass is 32.2. The van der Waals surface area contributed by atoms with Gasteiger partial charge < -0.3 is 25.4 Å². The van der Waals surface area contributed by atoms with Crippen molar-refractivity contribution in [2.45, 2.75) is 34.8 Å². The topological polar surface area (TPSA) is 193 Å². The molecule has 0 bridgehead atoms. The highest BCUT2D eigenvalue weighted by Crippen LogP contribution is 2.42. The number of aliphatic carboxylic acids is 1. The number of carboxylic acid groups (broad SMARTS) is 1. The van der Waals surface area contributed by atoms with Crippen LogP contribution in [-0.2, 0) is 9.53 Å². The number of amides is 1. The Hall–Kier alpha value is -4.72. The summed E-state index contributed by atoms with van der Waals surface area (Å²) < 4.78 is 12.7. The quantitative estimate of drug-likeness (QED) is 0.0341. The van der Waals surface area contributed by atoms with E-state index in [-0.39, 0.29) is 11.6 Å². The predicted molar refractivity (Wildman–Crippen MR) is 228 cm³/mol. The van der Waals surface area contributed by atoms with Gasteiger partial charge in [0.15, 0.2) is 6.61 Å². The molecule has 6 aromatic rings. The SMILES string of the molecule is CSc1sc(C(=N)N)cc1-c1nc(-c2ccccc2O)cs1.CSc1sc(C=NNC(=O)OC(C)(C)C)cc1-c1nc(-c2ccccc2OCC(=O)O)cs1. The van der Waals surface area contributed by atoms with E-state index in [2.05, 4.69) is 15.5 Å². The number of hydrogen-bond acceptors (Lipinski definition) is 15. The van der Waals surface area contributed by atoms with Crippen molar-refractivity contribution in [1.29, 1.82) is 5.41 Å². The van der Waals surface area contributed by atoms with E-state index < -0.39 is 24.3 Å². The smallest absolute Gasteiger partial charge is 0.428 e. The number of carbonyl (C=O) groups is 2. The summed E-state index contributed by atoms with van der Waals surface area (Å²) in [5, 5.41) is 35.9. The Kier molecular flexibility index (Phi) is 14.1. The highest BCUT2D eigenvalue weighted by molar-refractivity contribution is 8.00. The molecule has 0 aliphatic carbocycles. The number of thiophene rings is 2. The number of nitrogens with two attached hydrogens (primary N) is 1. The number of nitrogens with zero attached hydrogens (tertiary/aromatic N) is 3. The summed E-state index contributed by atoms with van der Waals surface area (Å²) in [5.74, 6) is -0.279. The summed E-state index contributed by atoms with van der Waals surface area (Å²) in [7, 11) is 0. The van der Waals surface area contributed by atoms with Gasteiger partial charge in [-0.25, -0.2) is 25.0 Å². The lowest BCUT2D eigenvalue weighted by Crippen LogP contribution is -2.29. The number of thioether (sulfide) groups is 2. The third-order valence-electron chi connectivity index (χ3n) is 6.96. The van der Waals surface area contributed by atoms with E-state index >= 15 is 0 Å². The van der Waals surface area contributed by atoms with Gasteiger partial charge in [-0.1, -0.05) is 24.3 Å². The number of nitrogens with one attached hydrogen (secondary N) is 2. The molecule has 0 aliphatic heterocycles. The van der Waals surface area contributed by atoms with E-state index in [1.165, 1.54) is 45.3 Å². The molecule has 286 valence electrons. The van der Waals surface area contributed by atoms with Crippen LogP contribution in [0.2, 0.25) is 0 Å². The number of thiazole rings is 2. The second kappa shape index (κ2) is 18.7. The number of amidine groups is 1. The fourth-order valence-electron chi connectivity index (χ4n) is 4.69. The van der Waals surface area contributed by atoms with Gasteiger partial charge in [-0.15, -0.1) is 68.9 Å². The fourth-order valence-corrected chi connectivity index (χ4v) is 10.1. The number of hydrazone groups is 1. The van der Waals surface area contributed by atoms with Crippen LogP contribution in [0.4, 0.5) is 4.79 Å². The number of benzene rings is 2. The summed E-state index contributed by atoms with van der Waals surface area (Å²) in [4.78, 5) is 33.6. The molecule has 0 radical (unpaired) electrons. The van der Waals surface area contributed by atoms with E-state index in [4.69, 9.17) is 30.7 Å². The van der Waals surface area contributed by atoms with Gasteiger partial charge >= 0.3 is 12.1 Å². The average molecular weight is 853 g/mol. The number of nitrogen functional groups attached to an aromatic ring is 1. The molecule has 0 unspecified atom stereocenters. The predicted octanol–water partition coefficient (Wildman–Crippen LogP) is 9.83. The maximum Gasteiger partial charge on any atom is 0.428 e. The van der Waals surface area contributed by atoms with Gasteiger partial charge in [0.25, 0.3) is 0 Å². The number of phenolic OH excluding ortho intramolecular Hbond substituents is 1. The highest BCUT2D eigenvalue weighted by Gasteiger charge is 2.19. The van der Waals surface area contributed by atoms with Crippen molar-refractivity contribution in [3.63, 3.8) is 0 Å². The zero-order valence-electron chi connectivity index (χ0n) is 30.1. The van der Waals surface area contributed by atoms with E-state index in [0.29, 0.717) is 11.4 Å². The molecule has 2 aromatic carbocycles. The monoisotopic (exact) mass is 852 g/mol. The Morgan fingerprint density at radius 3 is 2.09 bits per heavy atom. The zero-order valence-corrected chi connectivity index (χ0v) is 35.0. The number of carboxylic acids is 1. The van der Waals surface area contributed by atoms with Crippen LogP contribution in [0.5, 0.6) is 11.5 Å².